The number of carbonyl (C=O) groups is 2. The van der Waals surface area contributed by atoms with E-state index in [-0.39, 0.29) is 59.5 Å². The van der Waals surface area contributed by atoms with Gasteiger partial charge in [-0.1, -0.05) is 48.5 Å². The highest BCUT2D eigenvalue weighted by atomic mass is 32.3. The maximum Gasteiger partial charge on any atom is 0.397 e. The van der Waals surface area contributed by atoms with Crippen molar-refractivity contribution in [3.05, 3.63) is 0 Å². The van der Waals surface area contributed by atoms with Crippen molar-refractivity contribution in [2.24, 2.45) is 47.2 Å². The fourth-order valence-electron chi connectivity index (χ4n) is 5.84. The highest BCUT2D eigenvalue weighted by Crippen LogP contribution is 2.30. The maximum atomic E-state index is 10.6. The molecule has 0 aromatic rings. The van der Waals surface area contributed by atoms with E-state index in [0.29, 0.717) is 62.8 Å². The summed E-state index contributed by atoms with van der Waals surface area (Å²) < 4.78 is 123. The minimum atomic E-state index is -4.79. The Morgan fingerprint density at radius 2 is 1.12 bits per heavy atom. The van der Waals surface area contributed by atoms with Crippen LogP contribution in [0.15, 0.2) is 0 Å². The van der Waals surface area contributed by atoms with E-state index >= 15 is 0 Å². The van der Waals surface area contributed by atoms with E-state index in [1.807, 2.05) is 20.8 Å². The van der Waals surface area contributed by atoms with Gasteiger partial charge in [0, 0.05) is 6.04 Å². The Morgan fingerprint density at radius 3 is 1.59 bits per heavy atom. The van der Waals surface area contributed by atoms with E-state index in [2.05, 4.69) is 33.3 Å². The van der Waals surface area contributed by atoms with Gasteiger partial charge in [0.2, 0.25) is 20.8 Å². The van der Waals surface area contributed by atoms with Gasteiger partial charge < -0.3 is 70.0 Å². The van der Waals surface area contributed by atoms with Crippen LogP contribution in [0.3, 0.4) is 0 Å². The van der Waals surface area contributed by atoms with Crippen LogP contribution in [0.1, 0.15) is 67.7 Å². The van der Waals surface area contributed by atoms with Gasteiger partial charge in [-0.15, -0.1) is 0 Å². The molecule has 58 heavy (non-hydrogen) atoms. The molecule has 0 aromatic carbocycles. The first-order chi connectivity index (χ1) is 25.1. The van der Waals surface area contributed by atoms with Crippen LogP contribution in [-0.4, -0.2) is 143 Å². The second-order valence-electron chi connectivity index (χ2n) is 14.5. The van der Waals surface area contributed by atoms with Crippen molar-refractivity contribution in [2.75, 3.05) is 39.6 Å². The molecule has 0 spiro atoms. The zero-order valence-electron chi connectivity index (χ0n) is 33.4. The summed E-state index contributed by atoms with van der Waals surface area (Å²) in [7, 11) is -13.9. The normalized spacial score (nSPS) is 33.6. The number of aliphatic carboxylic acids is 2. The summed E-state index contributed by atoms with van der Waals surface area (Å²) in [4.78, 5) is 21.0. The van der Waals surface area contributed by atoms with E-state index in [1.165, 1.54) is 0 Å². The van der Waals surface area contributed by atoms with Crippen LogP contribution in [0.2, 0.25) is 0 Å². The molecule has 0 radical (unpaired) electrons. The molecule has 4 fully saturated rings. The zero-order chi connectivity index (χ0) is 42.5. The molecule has 13 atom stereocenters. The predicted molar refractivity (Wildman–Crippen MR) is 194 cm³/mol. The number of carboxylic acid groups (broad SMARTS) is 2. The molecule has 0 aliphatic carbocycles. The van der Waals surface area contributed by atoms with Crippen molar-refractivity contribution in [1.29, 1.82) is 0 Å². The number of hydrogen-bond acceptors (Lipinski definition) is 20. The van der Waals surface area contributed by atoms with Crippen molar-refractivity contribution < 1.29 is 107 Å². The smallest absolute Gasteiger partial charge is 0.397 e. The maximum absolute atomic E-state index is 10.6. The summed E-state index contributed by atoms with van der Waals surface area (Å²) in [6, 6.07) is -0.0323. The average Bonchev–Trinajstić information content (AvgIpc) is 3.42. The monoisotopic (exact) mass is 911 g/mol. The molecule has 4 aliphatic heterocycles. The lowest BCUT2D eigenvalue weighted by Gasteiger charge is -2.38. The van der Waals surface area contributed by atoms with E-state index in [4.69, 9.17) is 29.2 Å². The number of nitrogens with two attached hydrogens (primary N) is 1. The lowest BCUT2D eigenvalue weighted by Crippen LogP contribution is -2.48. The number of carbonyl (C=O) groups excluding carboxylic acids is 2. The SMILES string of the molecule is CC1CC(COS(=O)(=O)O)OC1COS(=O)(=O)[O-].CC1CC(COS(=O)(=O)[O-])OCC1N.CC1COC(C(=O)[O-])C(C)C1C.CC1COC(C(=O)[O-])CC1C.O.O.O. The molecule has 4 saturated heterocycles. The fraction of sp³-hybridized carbons (Fsp3) is 0.935. The van der Waals surface area contributed by atoms with Crippen LogP contribution >= 0.6 is 0 Å². The van der Waals surface area contributed by atoms with E-state index in [9.17, 15) is 54.2 Å². The van der Waals surface area contributed by atoms with Crippen molar-refractivity contribution >= 4 is 43.1 Å². The predicted octanol–water partition coefficient (Wildman–Crippen LogP) is -4.34. The second kappa shape index (κ2) is 27.2. The Hall–Kier alpha value is -1.77. The summed E-state index contributed by atoms with van der Waals surface area (Å²) in [5, 5.41) is 21.0. The van der Waals surface area contributed by atoms with Crippen molar-refractivity contribution in [3.63, 3.8) is 0 Å². The Kier molecular flexibility index (Phi) is 28.4. The van der Waals surface area contributed by atoms with Crippen molar-refractivity contribution in [3.8, 4) is 0 Å². The Balaban J connectivity index is -0.000000695. The molecule has 13 unspecified atom stereocenters. The second-order valence-corrected chi connectivity index (χ2v) is 17.7. The lowest BCUT2D eigenvalue weighted by molar-refractivity contribution is -0.323. The quantitative estimate of drug-likeness (QED) is 0.146. The molecule has 0 saturated carbocycles. The molecular formula is C31H61NO23S3-4. The van der Waals surface area contributed by atoms with Crippen LogP contribution in [0.5, 0.6) is 0 Å². The number of carboxylic acids is 2. The zero-order valence-corrected chi connectivity index (χ0v) is 35.8. The standard InChI is InChI=1S/C9H16O3.C8H14O3.C7H15NO5S.C7H14O9S2.3H2O/c1-5-4-12-8(9(10)11)7(3)6(5)2;1-5-3-7(8(9)10)11-4-6(5)2;1-5-2-6(12-4-7(5)8)3-13-14(9,10)11;1-5-2-6(3-14-17(8,9)10)16-7(5)4-15-18(11,12)13;;;/h5-8H,4H2,1-3H3,(H,10,11);5-7H,3-4H2,1-2H3,(H,9,10);5-7H,2-4,8H2,1H3,(H,9,10,11);5-7H,2-4H2,1H3,(H,8,9,10)(H,11,12,13);3*1H2/p-4. The highest BCUT2D eigenvalue weighted by Gasteiger charge is 2.34. The third kappa shape index (κ3) is 24.5. The summed E-state index contributed by atoms with van der Waals surface area (Å²) in [6.45, 7) is 14.2. The van der Waals surface area contributed by atoms with Crippen molar-refractivity contribution in [2.45, 2.75) is 104 Å². The third-order valence-electron chi connectivity index (χ3n) is 10.1. The van der Waals surface area contributed by atoms with Gasteiger partial charge >= 0.3 is 10.4 Å². The lowest BCUT2D eigenvalue weighted by atomic mass is 9.80. The molecule has 0 amide bonds. The van der Waals surface area contributed by atoms with Gasteiger partial charge in [0.15, 0.2) is 0 Å². The number of hydrogen-bond donors (Lipinski definition) is 2. The number of ether oxygens (including phenoxy) is 4. The molecule has 0 bridgehead atoms. The Labute approximate surface area is 340 Å². The average molecular weight is 912 g/mol. The van der Waals surface area contributed by atoms with Gasteiger partial charge in [-0.25, -0.2) is 21.0 Å². The van der Waals surface area contributed by atoms with Gasteiger partial charge in [0.25, 0.3) is 0 Å². The summed E-state index contributed by atoms with van der Waals surface area (Å²) in [5.41, 5.74) is 5.68. The van der Waals surface area contributed by atoms with Gasteiger partial charge in [-0.3, -0.25) is 12.9 Å². The first-order valence-corrected chi connectivity index (χ1v) is 21.6. The molecule has 4 heterocycles. The van der Waals surface area contributed by atoms with E-state index in [0.717, 1.165) is 0 Å². The fourth-order valence-corrected chi connectivity index (χ4v) is 6.78. The molecule has 4 aliphatic rings. The van der Waals surface area contributed by atoms with E-state index in [1.54, 1.807) is 6.92 Å². The Morgan fingerprint density at radius 1 is 0.621 bits per heavy atom. The van der Waals surface area contributed by atoms with Crippen LogP contribution in [-0.2, 0) is 72.3 Å². The molecule has 9 N–H and O–H groups in total. The highest BCUT2D eigenvalue weighted by molar-refractivity contribution is 7.81. The summed E-state index contributed by atoms with van der Waals surface area (Å²) >= 11 is 0. The largest absolute Gasteiger partial charge is 0.726 e. The molecule has 27 heteroatoms. The number of rotatable bonds is 11. The molecule has 4 rings (SSSR count). The summed E-state index contributed by atoms with van der Waals surface area (Å²) in [6.07, 6.45) is -1.43. The molecule has 0 aromatic heterocycles. The third-order valence-corrected chi connectivity index (χ3v) is 11.3. The van der Waals surface area contributed by atoms with Crippen molar-refractivity contribution in [1.82, 2.24) is 0 Å². The molecular weight excluding hydrogens is 851 g/mol. The van der Waals surface area contributed by atoms with Gasteiger partial charge in [-0.2, -0.15) is 8.42 Å². The Bertz CT molecular complexity index is 1520. The summed E-state index contributed by atoms with van der Waals surface area (Å²) in [5.74, 6) is -0.285. The van der Waals surface area contributed by atoms with Gasteiger partial charge in [0.1, 0.15) is 0 Å². The molecule has 350 valence electrons. The molecule has 24 nitrogen and oxygen atoms in total. The van der Waals surface area contributed by atoms with Crippen LogP contribution in [0, 0.1) is 41.4 Å². The van der Waals surface area contributed by atoms with Crippen LogP contribution in [0.4, 0.5) is 0 Å². The van der Waals surface area contributed by atoms with Crippen LogP contribution in [0.25, 0.3) is 0 Å². The minimum absolute atomic E-state index is 0. The topological polar surface area (TPSA) is 434 Å². The van der Waals surface area contributed by atoms with Gasteiger partial charge in [-0.05, 0) is 60.7 Å². The first kappa shape index (κ1) is 60.5. The van der Waals surface area contributed by atoms with E-state index < -0.39 is 74.2 Å². The van der Waals surface area contributed by atoms with Crippen LogP contribution < -0.4 is 15.9 Å². The first-order valence-electron chi connectivity index (χ1n) is 17.6. The minimum Gasteiger partial charge on any atom is -0.726 e. The van der Waals surface area contributed by atoms with Gasteiger partial charge in [0.05, 0.1) is 82.1 Å².